The summed E-state index contributed by atoms with van der Waals surface area (Å²) in [5.74, 6) is 0. The van der Waals surface area contributed by atoms with Crippen molar-refractivity contribution >= 4 is 60.8 Å². The van der Waals surface area contributed by atoms with Crippen LogP contribution in [0.25, 0.3) is 82.8 Å². The number of anilines is 3. The van der Waals surface area contributed by atoms with Crippen LogP contribution in [0.1, 0.15) is 11.1 Å². The Labute approximate surface area is 343 Å². The predicted molar refractivity (Wildman–Crippen MR) is 249 cm³/mol. The van der Waals surface area contributed by atoms with Crippen LogP contribution in [0.2, 0.25) is 0 Å². The maximum absolute atomic E-state index is 6.49. The summed E-state index contributed by atoms with van der Waals surface area (Å²) in [6.45, 7) is 4.35. The average molecular weight is 757 g/mol. The summed E-state index contributed by atoms with van der Waals surface area (Å²) in [6.07, 6.45) is 0. The van der Waals surface area contributed by atoms with E-state index in [9.17, 15) is 0 Å². The first-order valence-electron chi connectivity index (χ1n) is 20.2. The zero-order chi connectivity index (χ0) is 39.5. The maximum Gasteiger partial charge on any atom is 0.143 e. The van der Waals surface area contributed by atoms with Crippen molar-refractivity contribution < 1.29 is 4.42 Å². The maximum atomic E-state index is 6.49. The molecule has 2 aromatic heterocycles. The van der Waals surface area contributed by atoms with Crippen LogP contribution in [0.3, 0.4) is 0 Å². The van der Waals surface area contributed by atoms with Crippen molar-refractivity contribution in [1.82, 2.24) is 4.57 Å². The van der Waals surface area contributed by atoms with E-state index in [-0.39, 0.29) is 0 Å². The van der Waals surface area contributed by atoms with Crippen LogP contribution in [0.5, 0.6) is 0 Å². The van der Waals surface area contributed by atoms with Gasteiger partial charge >= 0.3 is 0 Å². The van der Waals surface area contributed by atoms with Crippen molar-refractivity contribution in [2.75, 3.05) is 4.90 Å². The van der Waals surface area contributed by atoms with Gasteiger partial charge in [-0.05, 0) is 126 Å². The van der Waals surface area contributed by atoms with Crippen LogP contribution < -0.4 is 4.90 Å². The number of aryl methyl sites for hydroxylation is 2. The number of hydrogen-bond acceptors (Lipinski definition) is 2. The third kappa shape index (κ3) is 6.07. The van der Waals surface area contributed by atoms with Gasteiger partial charge in [0.2, 0.25) is 0 Å². The molecule has 3 nitrogen and oxygen atoms in total. The predicted octanol–water partition coefficient (Wildman–Crippen LogP) is 15.8. The summed E-state index contributed by atoms with van der Waals surface area (Å²) in [6, 6.07) is 74.4. The Morgan fingerprint density at radius 1 is 0.373 bits per heavy atom. The van der Waals surface area contributed by atoms with E-state index < -0.39 is 0 Å². The third-order valence-corrected chi connectivity index (χ3v) is 11.6. The van der Waals surface area contributed by atoms with Gasteiger partial charge in [0.15, 0.2) is 0 Å². The normalized spacial score (nSPS) is 11.6. The lowest BCUT2D eigenvalue weighted by atomic mass is 10.0. The van der Waals surface area contributed by atoms with E-state index in [1.165, 1.54) is 60.9 Å². The first-order chi connectivity index (χ1) is 29.1. The smallest absolute Gasteiger partial charge is 0.143 e. The van der Waals surface area contributed by atoms with Crippen LogP contribution in [0.4, 0.5) is 17.1 Å². The molecule has 3 heteroatoms. The Bertz CT molecular complexity index is 3310. The van der Waals surface area contributed by atoms with Gasteiger partial charge in [-0.3, -0.25) is 0 Å². The molecule has 0 spiro atoms. The van der Waals surface area contributed by atoms with Gasteiger partial charge in [0.1, 0.15) is 11.2 Å². The molecular formula is C56H40N2O. The molecule has 0 radical (unpaired) electrons. The fraction of sp³-hybridized carbons (Fsp3) is 0.0357. The first kappa shape index (κ1) is 34.6. The summed E-state index contributed by atoms with van der Waals surface area (Å²) in [4.78, 5) is 2.35. The molecule has 0 atom stereocenters. The van der Waals surface area contributed by atoms with Gasteiger partial charge in [-0.15, -0.1) is 0 Å². The molecule has 0 N–H and O–H groups in total. The molecule has 11 aromatic rings. The molecule has 280 valence electrons. The molecule has 2 heterocycles. The summed E-state index contributed by atoms with van der Waals surface area (Å²) in [5.41, 5.74) is 18.1. The van der Waals surface area contributed by atoms with Gasteiger partial charge in [0.05, 0.1) is 11.0 Å². The molecule has 0 aliphatic carbocycles. The minimum atomic E-state index is 0.901. The highest BCUT2D eigenvalue weighted by Gasteiger charge is 2.18. The van der Waals surface area contributed by atoms with Crippen molar-refractivity contribution in [1.29, 1.82) is 0 Å². The van der Waals surface area contributed by atoms with Gasteiger partial charge in [0, 0.05) is 49.9 Å². The second kappa shape index (κ2) is 14.1. The van der Waals surface area contributed by atoms with Crippen molar-refractivity contribution in [2.24, 2.45) is 0 Å². The van der Waals surface area contributed by atoms with Crippen molar-refractivity contribution in [3.63, 3.8) is 0 Å². The molecule has 0 fully saturated rings. The van der Waals surface area contributed by atoms with E-state index in [2.05, 4.69) is 217 Å². The molecule has 0 amide bonds. The van der Waals surface area contributed by atoms with Gasteiger partial charge in [-0.2, -0.15) is 0 Å². The van der Waals surface area contributed by atoms with Gasteiger partial charge in [-0.1, -0.05) is 133 Å². The number of rotatable bonds is 7. The lowest BCUT2D eigenvalue weighted by Gasteiger charge is -2.26. The number of aromatic nitrogens is 1. The number of para-hydroxylation sites is 3. The fourth-order valence-corrected chi connectivity index (χ4v) is 8.98. The minimum Gasteiger partial charge on any atom is -0.455 e. The summed E-state index contributed by atoms with van der Waals surface area (Å²) in [5, 5.41) is 4.76. The topological polar surface area (TPSA) is 21.3 Å². The standard InChI is InChI=1S/C56H40N2O/c1-37-32-38(2)34-47(33-37)58-53-20-8-6-16-49(53)52-36-42(26-31-54(52)58)41-24-29-45(30-25-41)57(44-27-22-40(23-28-44)39-12-4-3-5-13-39)46-15-10-14-43(35-46)48-18-11-19-51-50-17-7-9-21-55(50)59-56(48)51/h3-36H,1-2H3. The van der Waals surface area contributed by atoms with E-state index >= 15 is 0 Å². The summed E-state index contributed by atoms with van der Waals surface area (Å²) < 4.78 is 8.89. The Hall–Kier alpha value is -7.62. The van der Waals surface area contributed by atoms with E-state index in [1.807, 2.05) is 12.1 Å². The Kier molecular flexibility index (Phi) is 8.27. The van der Waals surface area contributed by atoms with Crippen LogP contribution in [-0.2, 0) is 0 Å². The molecule has 0 aliphatic rings. The molecule has 9 aromatic carbocycles. The van der Waals surface area contributed by atoms with Crippen LogP contribution >= 0.6 is 0 Å². The highest BCUT2D eigenvalue weighted by atomic mass is 16.3. The second-order valence-corrected chi connectivity index (χ2v) is 15.6. The van der Waals surface area contributed by atoms with Gasteiger partial charge < -0.3 is 13.9 Å². The summed E-state index contributed by atoms with van der Waals surface area (Å²) in [7, 11) is 0. The average Bonchev–Trinajstić information content (AvgIpc) is 3.83. The fourth-order valence-electron chi connectivity index (χ4n) is 8.98. The highest BCUT2D eigenvalue weighted by molar-refractivity contribution is 6.11. The molecule has 59 heavy (non-hydrogen) atoms. The number of benzene rings is 9. The highest BCUT2D eigenvalue weighted by Crippen LogP contribution is 2.42. The Balaban J connectivity index is 1.01. The first-order valence-corrected chi connectivity index (χ1v) is 20.2. The van der Waals surface area contributed by atoms with E-state index in [4.69, 9.17) is 4.42 Å². The van der Waals surface area contributed by atoms with Crippen molar-refractivity contribution in [3.8, 4) is 39.1 Å². The Morgan fingerprint density at radius 2 is 0.949 bits per heavy atom. The zero-order valence-corrected chi connectivity index (χ0v) is 32.9. The zero-order valence-electron chi connectivity index (χ0n) is 32.9. The molecule has 0 unspecified atom stereocenters. The quantitative estimate of drug-likeness (QED) is 0.161. The lowest BCUT2D eigenvalue weighted by molar-refractivity contribution is 0.670. The van der Waals surface area contributed by atoms with Gasteiger partial charge in [-0.25, -0.2) is 0 Å². The number of hydrogen-bond donors (Lipinski definition) is 0. The van der Waals surface area contributed by atoms with Crippen molar-refractivity contribution in [3.05, 3.63) is 217 Å². The molecule has 0 aliphatic heterocycles. The van der Waals surface area contributed by atoms with E-state index in [1.54, 1.807) is 0 Å². The SMILES string of the molecule is Cc1cc(C)cc(-n2c3ccccc3c3cc(-c4ccc(N(c5ccc(-c6ccccc6)cc5)c5cccc(-c6cccc7c6oc6ccccc67)c5)cc4)ccc32)c1. The third-order valence-electron chi connectivity index (χ3n) is 11.6. The largest absolute Gasteiger partial charge is 0.455 e. The molecule has 11 rings (SSSR count). The monoisotopic (exact) mass is 756 g/mol. The van der Waals surface area contributed by atoms with Crippen molar-refractivity contribution in [2.45, 2.75) is 13.8 Å². The van der Waals surface area contributed by atoms with Crippen LogP contribution in [0, 0.1) is 13.8 Å². The van der Waals surface area contributed by atoms with E-state index in [0.29, 0.717) is 0 Å². The molecule has 0 saturated carbocycles. The number of furan rings is 1. The molecular weight excluding hydrogens is 717 g/mol. The van der Waals surface area contributed by atoms with E-state index in [0.717, 1.165) is 50.1 Å². The number of fused-ring (bicyclic) bond motifs is 6. The molecule has 0 saturated heterocycles. The minimum absolute atomic E-state index is 0.901. The van der Waals surface area contributed by atoms with Gasteiger partial charge in [0.25, 0.3) is 0 Å². The number of nitrogens with zero attached hydrogens (tertiary/aromatic N) is 2. The van der Waals surface area contributed by atoms with Crippen LogP contribution in [0.15, 0.2) is 211 Å². The lowest BCUT2D eigenvalue weighted by Crippen LogP contribution is -2.10. The summed E-state index contributed by atoms with van der Waals surface area (Å²) >= 11 is 0. The Morgan fingerprint density at radius 3 is 1.71 bits per heavy atom. The molecule has 0 bridgehead atoms. The van der Waals surface area contributed by atoms with Crippen LogP contribution in [-0.4, -0.2) is 4.57 Å². The second-order valence-electron chi connectivity index (χ2n) is 15.6.